The number of hydrogen-bond acceptors (Lipinski definition) is 3. The summed E-state index contributed by atoms with van der Waals surface area (Å²) in [6, 6.07) is 10.8. The molecule has 1 aliphatic rings. The molecule has 2 aromatic carbocycles. The zero-order chi connectivity index (χ0) is 19.6. The lowest BCUT2D eigenvalue weighted by Crippen LogP contribution is -2.17. The van der Waals surface area contributed by atoms with Gasteiger partial charge >= 0.3 is 5.97 Å². The lowest BCUT2D eigenvalue weighted by molar-refractivity contribution is -0.133. The third kappa shape index (κ3) is 3.94. The molecule has 0 atom stereocenters. The first kappa shape index (κ1) is 19.3. The Morgan fingerprint density at radius 3 is 2.33 bits per heavy atom. The number of methoxy groups -OCH3 is 1. The molecule has 3 rings (SSSR count). The van der Waals surface area contributed by atoms with Crippen LogP contribution < -0.4 is 10.1 Å². The molecule has 1 aliphatic carbocycles. The van der Waals surface area contributed by atoms with Crippen LogP contribution in [-0.4, -0.2) is 24.1 Å². The van der Waals surface area contributed by atoms with Gasteiger partial charge in [0, 0.05) is 16.7 Å². The molecule has 1 amide bonds. The fourth-order valence-electron chi connectivity index (χ4n) is 3.15. The van der Waals surface area contributed by atoms with E-state index in [2.05, 4.69) is 5.32 Å². The van der Waals surface area contributed by atoms with Crippen molar-refractivity contribution in [2.24, 2.45) is 0 Å². The van der Waals surface area contributed by atoms with Gasteiger partial charge in [0.25, 0.3) is 5.91 Å². The average molecular weight is 406 g/mol. The van der Waals surface area contributed by atoms with E-state index in [1.54, 1.807) is 19.2 Å². The number of halogens is 2. The minimum atomic E-state index is -1.07. The van der Waals surface area contributed by atoms with Gasteiger partial charge in [-0.3, -0.25) is 4.79 Å². The Bertz CT molecular complexity index is 930. The van der Waals surface area contributed by atoms with Crippen molar-refractivity contribution in [3.63, 3.8) is 0 Å². The Labute approximate surface area is 166 Å². The lowest BCUT2D eigenvalue weighted by atomic mass is 10.0. The summed E-state index contributed by atoms with van der Waals surface area (Å²) in [4.78, 5) is 23.8. The van der Waals surface area contributed by atoms with Crippen LogP contribution in [0, 0.1) is 0 Å². The van der Waals surface area contributed by atoms with Crippen LogP contribution in [0.1, 0.15) is 19.3 Å². The van der Waals surface area contributed by atoms with Crippen molar-refractivity contribution in [2.75, 3.05) is 12.4 Å². The van der Waals surface area contributed by atoms with Gasteiger partial charge in [-0.15, -0.1) is 0 Å². The molecule has 0 saturated carbocycles. The lowest BCUT2D eigenvalue weighted by Gasteiger charge is -2.14. The standard InChI is InChI=1S/C20H17Cl2NO4/c1-27-17-8-3-2-5-12(17)11-9-15(21)18(16(22)10-11)23-19(24)13-6-4-7-14(13)20(25)26/h2-3,5,8-10H,4,6-7H2,1H3,(H,23,24)(H,25,26). The molecule has 0 aromatic heterocycles. The van der Waals surface area contributed by atoms with E-state index in [0.29, 0.717) is 25.0 Å². The molecular formula is C20H17Cl2NO4. The van der Waals surface area contributed by atoms with E-state index >= 15 is 0 Å². The highest BCUT2D eigenvalue weighted by molar-refractivity contribution is 6.40. The number of carboxylic acids is 1. The number of aliphatic carboxylic acids is 1. The first-order chi connectivity index (χ1) is 12.9. The van der Waals surface area contributed by atoms with Crippen LogP contribution in [0.2, 0.25) is 10.0 Å². The molecule has 0 heterocycles. The summed E-state index contributed by atoms with van der Waals surface area (Å²) < 4.78 is 5.36. The Morgan fingerprint density at radius 2 is 1.70 bits per heavy atom. The Kier molecular flexibility index (Phi) is 5.73. The minimum absolute atomic E-state index is 0.144. The van der Waals surface area contributed by atoms with Gasteiger partial charge in [0.05, 0.1) is 22.8 Å². The molecule has 0 fully saturated rings. The van der Waals surface area contributed by atoms with Gasteiger partial charge in [-0.05, 0) is 43.0 Å². The van der Waals surface area contributed by atoms with E-state index < -0.39 is 11.9 Å². The average Bonchev–Trinajstić information content (AvgIpc) is 3.14. The smallest absolute Gasteiger partial charge is 0.332 e. The van der Waals surface area contributed by atoms with Crippen molar-refractivity contribution in [3.8, 4) is 16.9 Å². The first-order valence-corrected chi connectivity index (χ1v) is 9.07. The summed E-state index contributed by atoms with van der Waals surface area (Å²) >= 11 is 12.7. The third-order valence-corrected chi connectivity index (χ3v) is 5.04. The van der Waals surface area contributed by atoms with Gasteiger partial charge in [-0.2, -0.15) is 0 Å². The molecule has 2 aromatic rings. The maximum absolute atomic E-state index is 12.5. The predicted molar refractivity (Wildman–Crippen MR) is 106 cm³/mol. The molecule has 2 N–H and O–H groups in total. The largest absolute Gasteiger partial charge is 0.496 e. The molecule has 27 heavy (non-hydrogen) atoms. The molecular weight excluding hydrogens is 389 g/mol. The molecule has 0 spiro atoms. The number of benzene rings is 2. The Balaban J connectivity index is 1.93. The van der Waals surface area contributed by atoms with Crippen molar-refractivity contribution in [1.82, 2.24) is 0 Å². The number of hydrogen-bond donors (Lipinski definition) is 2. The highest BCUT2D eigenvalue weighted by Gasteiger charge is 2.26. The van der Waals surface area contributed by atoms with Crippen molar-refractivity contribution in [3.05, 3.63) is 57.6 Å². The maximum atomic E-state index is 12.5. The van der Waals surface area contributed by atoms with Crippen LogP contribution in [0.4, 0.5) is 5.69 Å². The number of anilines is 1. The molecule has 0 unspecified atom stereocenters. The van der Waals surface area contributed by atoms with Gasteiger partial charge in [0.2, 0.25) is 0 Å². The molecule has 0 radical (unpaired) electrons. The van der Waals surface area contributed by atoms with E-state index in [0.717, 1.165) is 11.1 Å². The van der Waals surface area contributed by atoms with Gasteiger partial charge < -0.3 is 15.2 Å². The summed E-state index contributed by atoms with van der Waals surface area (Å²) in [5.41, 5.74) is 2.22. The molecule has 5 nitrogen and oxygen atoms in total. The zero-order valence-electron chi connectivity index (χ0n) is 14.5. The fraction of sp³-hybridized carbons (Fsp3) is 0.200. The second-order valence-corrected chi connectivity index (χ2v) is 6.90. The van der Waals surface area contributed by atoms with E-state index in [-0.39, 0.29) is 26.9 Å². The van der Waals surface area contributed by atoms with Crippen LogP contribution in [0.15, 0.2) is 47.5 Å². The second kappa shape index (κ2) is 8.03. The van der Waals surface area contributed by atoms with E-state index in [9.17, 15) is 14.7 Å². The normalized spacial score (nSPS) is 13.6. The van der Waals surface area contributed by atoms with Gasteiger partial charge in [-0.25, -0.2) is 4.79 Å². The Hall–Kier alpha value is -2.50. The summed E-state index contributed by atoms with van der Waals surface area (Å²) in [6.45, 7) is 0. The maximum Gasteiger partial charge on any atom is 0.332 e. The van der Waals surface area contributed by atoms with Crippen molar-refractivity contribution in [1.29, 1.82) is 0 Å². The summed E-state index contributed by atoms with van der Waals surface area (Å²) in [7, 11) is 1.58. The number of ether oxygens (including phenoxy) is 1. The Morgan fingerprint density at radius 1 is 1.07 bits per heavy atom. The van der Waals surface area contributed by atoms with Crippen molar-refractivity contribution in [2.45, 2.75) is 19.3 Å². The molecule has 0 bridgehead atoms. The first-order valence-electron chi connectivity index (χ1n) is 8.31. The van der Waals surface area contributed by atoms with Crippen LogP contribution in [0.25, 0.3) is 11.1 Å². The van der Waals surface area contributed by atoms with Gasteiger partial charge in [-0.1, -0.05) is 41.4 Å². The number of carboxylic acid groups (broad SMARTS) is 1. The van der Waals surface area contributed by atoms with Gasteiger partial charge in [0.15, 0.2) is 0 Å². The molecule has 7 heteroatoms. The molecule has 0 aliphatic heterocycles. The van der Waals surface area contributed by atoms with Crippen LogP contribution in [0.5, 0.6) is 5.75 Å². The number of carbonyl (C=O) groups excluding carboxylic acids is 1. The number of amides is 1. The monoisotopic (exact) mass is 405 g/mol. The van der Waals surface area contributed by atoms with Crippen LogP contribution >= 0.6 is 23.2 Å². The van der Waals surface area contributed by atoms with Crippen molar-refractivity contribution < 1.29 is 19.4 Å². The number of para-hydroxylation sites is 1. The SMILES string of the molecule is COc1ccccc1-c1cc(Cl)c(NC(=O)C2=C(C(=O)O)CCC2)c(Cl)c1. The van der Waals surface area contributed by atoms with Crippen LogP contribution in [-0.2, 0) is 9.59 Å². The third-order valence-electron chi connectivity index (χ3n) is 4.45. The van der Waals surface area contributed by atoms with E-state index in [4.69, 9.17) is 27.9 Å². The van der Waals surface area contributed by atoms with Crippen LogP contribution in [0.3, 0.4) is 0 Å². The highest BCUT2D eigenvalue weighted by Crippen LogP contribution is 2.39. The quantitative estimate of drug-likeness (QED) is 0.718. The highest BCUT2D eigenvalue weighted by atomic mass is 35.5. The topological polar surface area (TPSA) is 75.6 Å². The summed E-state index contributed by atoms with van der Waals surface area (Å²) in [5.74, 6) is -0.885. The van der Waals surface area contributed by atoms with E-state index in [1.165, 1.54) is 0 Å². The minimum Gasteiger partial charge on any atom is -0.496 e. The second-order valence-electron chi connectivity index (χ2n) is 6.09. The fourth-order valence-corrected chi connectivity index (χ4v) is 3.73. The number of rotatable bonds is 5. The summed E-state index contributed by atoms with van der Waals surface area (Å²) in [6.07, 6.45) is 1.44. The zero-order valence-corrected chi connectivity index (χ0v) is 16.0. The van der Waals surface area contributed by atoms with Gasteiger partial charge in [0.1, 0.15) is 5.75 Å². The molecule has 0 saturated heterocycles. The predicted octanol–water partition coefficient (Wildman–Crippen LogP) is 5.17. The van der Waals surface area contributed by atoms with Crippen molar-refractivity contribution >= 4 is 40.8 Å². The summed E-state index contributed by atoms with van der Waals surface area (Å²) in [5, 5.41) is 12.4. The molecule has 140 valence electrons. The number of nitrogens with one attached hydrogen (secondary N) is 1. The number of carbonyl (C=O) groups is 2. The van der Waals surface area contributed by atoms with E-state index in [1.807, 2.05) is 24.3 Å².